The standard InChI is InChI=1S/C17H20FNO2/c1-3-10-20-14-5-7-15(8-6-14)21-17-9-4-13(12-19-2)11-16(17)18/h4-9,11,19H,3,10,12H2,1-2H3. The zero-order valence-corrected chi connectivity index (χ0v) is 12.4. The molecule has 0 saturated heterocycles. The molecule has 0 bridgehead atoms. The summed E-state index contributed by atoms with van der Waals surface area (Å²) in [6, 6.07) is 12.1. The van der Waals surface area contributed by atoms with Gasteiger partial charge in [0.1, 0.15) is 11.5 Å². The molecule has 0 atom stereocenters. The molecule has 21 heavy (non-hydrogen) atoms. The highest BCUT2D eigenvalue weighted by atomic mass is 19.1. The normalized spacial score (nSPS) is 10.4. The van der Waals surface area contributed by atoms with E-state index in [0.717, 1.165) is 17.7 Å². The fraction of sp³-hybridized carbons (Fsp3) is 0.294. The second-order valence-electron chi connectivity index (χ2n) is 4.72. The van der Waals surface area contributed by atoms with E-state index < -0.39 is 0 Å². The number of halogens is 1. The maximum Gasteiger partial charge on any atom is 0.166 e. The van der Waals surface area contributed by atoms with Crippen molar-refractivity contribution in [3.05, 3.63) is 53.8 Å². The second kappa shape index (κ2) is 7.64. The van der Waals surface area contributed by atoms with E-state index in [1.165, 1.54) is 6.07 Å². The highest BCUT2D eigenvalue weighted by Crippen LogP contribution is 2.26. The lowest BCUT2D eigenvalue weighted by atomic mass is 10.2. The van der Waals surface area contributed by atoms with Gasteiger partial charge in [-0.3, -0.25) is 0 Å². The minimum absolute atomic E-state index is 0.220. The van der Waals surface area contributed by atoms with Crippen molar-refractivity contribution >= 4 is 0 Å². The van der Waals surface area contributed by atoms with Gasteiger partial charge in [-0.25, -0.2) is 4.39 Å². The predicted molar refractivity (Wildman–Crippen MR) is 81.5 cm³/mol. The third-order valence-corrected chi connectivity index (χ3v) is 2.90. The molecule has 0 fully saturated rings. The Morgan fingerprint density at radius 2 is 1.76 bits per heavy atom. The third kappa shape index (κ3) is 4.46. The number of nitrogens with one attached hydrogen (secondary N) is 1. The van der Waals surface area contributed by atoms with Crippen LogP contribution in [0.25, 0.3) is 0 Å². The zero-order chi connectivity index (χ0) is 15.1. The van der Waals surface area contributed by atoms with Crippen LogP contribution in [-0.2, 0) is 6.54 Å². The van der Waals surface area contributed by atoms with Crippen molar-refractivity contribution in [1.82, 2.24) is 5.32 Å². The van der Waals surface area contributed by atoms with Gasteiger partial charge in [0.05, 0.1) is 6.61 Å². The van der Waals surface area contributed by atoms with Gasteiger partial charge in [0.15, 0.2) is 11.6 Å². The van der Waals surface area contributed by atoms with E-state index in [2.05, 4.69) is 12.2 Å². The molecule has 2 aromatic carbocycles. The molecule has 0 heterocycles. The van der Waals surface area contributed by atoms with Crippen LogP contribution >= 0.6 is 0 Å². The number of benzene rings is 2. The van der Waals surface area contributed by atoms with Crippen molar-refractivity contribution in [2.24, 2.45) is 0 Å². The van der Waals surface area contributed by atoms with Gasteiger partial charge in [0, 0.05) is 6.54 Å². The van der Waals surface area contributed by atoms with Crippen LogP contribution in [0.15, 0.2) is 42.5 Å². The molecule has 0 aromatic heterocycles. The van der Waals surface area contributed by atoms with Crippen molar-refractivity contribution in [3.63, 3.8) is 0 Å². The Morgan fingerprint density at radius 1 is 1.05 bits per heavy atom. The van der Waals surface area contributed by atoms with Gasteiger partial charge in [-0.05, 0) is 55.4 Å². The van der Waals surface area contributed by atoms with Crippen LogP contribution in [0, 0.1) is 5.82 Å². The van der Waals surface area contributed by atoms with Crippen molar-refractivity contribution < 1.29 is 13.9 Å². The van der Waals surface area contributed by atoms with Gasteiger partial charge in [0.2, 0.25) is 0 Å². The molecule has 0 aliphatic carbocycles. The molecule has 2 rings (SSSR count). The smallest absolute Gasteiger partial charge is 0.166 e. The molecule has 0 saturated carbocycles. The summed E-state index contributed by atoms with van der Waals surface area (Å²) in [5, 5.41) is 2.98. The van der Waals surface area contributed by atoms with Gasteiger partial charge < -0.3 is 14.8 Å². The molecular formula is C17H20FNO2. The summed E-state index contributed by atoms with van der Waals surface area (Å²) in [6.07, 6.45) is 0.961. The molecular weight excluding hydrogens is 269 g/mol. The van der Waals surface area contributed by atoms with Crippen LogP contribution in [0.5, 0.6) is 17.2 Å². The maximum atomic E-state index is 13.9. The van der Waals surface area contributed by atoms with Gasteiger partial charge in [0.25, 0.3) is 0 Å². The molecule has 1 N–H and O–H groups in total. The fourth-order valence-corrected chi connectivity index (χ4v) is 1.89. The van der Waals surface area contributed by atoms with Crippen LogP contribution in [-0.4, -0.2) is 13.7 Å². The quantitative estimate of drug-likeness (QED) is 0.831. The third-order valence-electron chi connectivity index (χ3n) is 2.90. The van der Waals surface area contributed by atoms with E-state index >= 15 is 0 Å². The van der Waals surface area contributed by atoms with Crippen molar-refractivity contribution in [1.29, 1.82) is 0 Å². The average Bonchev–Trinajstić information content (AvgIpc) is 2.49. The summed E-state index contributed by atoms with van der Waals surface area (Å²) in [4.78, 5) is 0. The van der Waals surface area contributed by atoms with E-state index in [9.17, 15) is 4.39 Å². The van der Waals surface area contributed by atoms with E-state index in [1.807, 2.05) is 25.2 Å². The maximum absolute atomic E-state index is 13.9. The first kappa shape index (κ1) is 15.3. The summed E-state index contributed by atoms with van der Waals surface area (Å²) in [7, 11) is 1.82. The molecule has 0 aliphatic rings. The Bertz CT molecular complexity index is 570. The summed E-state index contributed by atoms with van der Waals surface area (Å²) < 4.78 is 25.0. The van der Waals surface area contributed by atoms with Crippen LogP contribution in [0.4, 0.5) is 4.39 Å². The number of rotatable bonds is 7. The SMILES string of the molecule is CCCOc1ccc(Oc2ccc(CNC)cc2F)cc1. The van der Waals surface area contributed by atoms with Crippen molar-refractivity contribution in [2.45, 2.75) is 19.9 Å². The van der Waals surface area contributed by atoms with E-state index in [0.29, 0.717) is 18.9 Å². The van der Waals surface area contributed by atoms with Crippen LogP contribution in [0.3, 0.4) is 0 Å². The van der Waals surface area contributed by atoms with Gasteiger partial charge in [-0.2, -0.15) is 0 Å². The lowest BCUT2D eigenvalue weighted by Gasteiger charge is -2.09. The molecule has 3 nitrogen and oxygen atoms in total. The molecule has 0 aliphatic heterocycles. The molecule has 2 aromatic rings. The Morgan fingerprint density at radius 3 is 2.38 bits per heavy atom. The summed E-state index contributed by atoms with van der Waals surface area (Å²) in [5.41, 5.74) is 0.880. The largest absolute Gasteiger partial charge is 0.494 e. The van der Waals surface area contributed by atoms with Gasteiger partial charge >= 0.3 is 0 Å². The second-order valence-corrected chi connectivity index (χ2v) is 4.72. The monoisotopic (exact) mass is 289 g/mol. The highest BCUT2D eigenvalue weighted by molar-refractivity contribution is 5.37. The first-order valence-corrected chi connectivity index (χ1v) is 7.06. The minimum atomic E-state index is -0.367. The number of hydrogen-bond acceptors (Lipinski definition) is 3. The Hall–Kier alpha value is -2.07. The minimum Gasteiger partial charge on any atom is -0.494 e. The predicted octanol–water partition coefficient (Wildman–Crippen LogP) is 4.13. The first-order chi connectivity index (χ1) is 10.2. The van der Waals surface area contributed by atoms with E-state index in [-0.39, 0.29) is 11.6 Å². The topological polar surface area (TPSA) is 30.5 Å². The van der Waals surface area contributed by atoms with E-state index in [4.69, 9.17) is 9.47 Å². The molecule has 0 unspecified atom stereocenters. The highest BCUT2D eigenvalue weighted by Gasteiger charge is 2.06. The zero-order valence-electron chi connectivity index (χ0n) is 12.4. The molecule has 0 radical (unpaired) electrons. The van der Waals surface area contributed by atoms with Crippen LogP contribution in [0.2, 0.25) is 0 Å². The summed E-state index contributed by atoms with van der Waals surface area (Å²) >= 11 is 0. The van der Waals surface area contributed by atoms with Crippen molar-refractivity contribution in [3.8, 4) is 17.2 Å². The van der Waals surface area contributed by atoms with Crippen LogP contribution in [0.1, 0.15) is 18.9 Å². The molecule has 0 amide bonds. The summed E-state index contributed by atoms with van der Waals surface area (Å²) in [5.74, 6) is 1.22. The average molecular weight is 289 g/mol. The Kier molecular flexibility index (Phi) is 5.58. The fourth-order valence-electron chi connectivity index (χ4n) is 1.89. The molecule has 112 valence electrons. The molecule has 4 heteroatoms. The molecule has 0 spiro atoms. The Labute approximate surface area is 124 Å². The first-order valence-electron chi connectivity index (χ1n) is 7.06. The Balaban J connectivity index is 2.04. The van der Waals surface area contributed by atoms with Gasteiger partial charge in [-0.15, -0.1) is 0 Å². The summed E-state index contributed by atoms with van der Waals surface area (Å²) in [6.45, 7) is 3.36. The number of ether oxygens (including phenoxy) is 2. The van der Waals surface area contributed by atoms with E-state index in [1.54, 1.807) is 18.2 Å². The van der Waals surface area contributed by atoms with Crippen molar-refractivity contribution in [2.75, 3.05) is 13.7 Å². The van der Waals surface area contributed by atoms with Gasteiger partial charge in [-0.1, -0.05) is 13.0 Å². The number of hydrogen-bond donors (Lipinski definition) is 1. The van der Waals surface area contributed by atoms with Crippen LogP contribution < -0.4 is 14.8 Å². The lowest BCUT2D eigenvalue weighted by Crippen LogP contribution is -2.05. The lowest BCUT2D eigenvalue weighted by molar-refractivity contribution is 0.317.